The van der Waals surface area contributed by atoms with E-state index >= 15 is 0 Å². The van der Waals surface area contributed by atoms with Gasteiger partial charge in [-0.3, -0.25) is 9.13 Å². The highest BCUT2D eigenvalue weighted by molar-refractivity contribution is 7.52. The molecule has 0 bridgehead atoms. The first-order valence-electron chi connectivity index (χ1n) is 6.97. The summed E-state index contributed by atoms with van der Waals surface area (Å²) in [6.45, 7) is 1.80. The normalized spacial score (nSPS) is 11.9. The maximum atomic E-state index is 10.3. The molecule has 0 aromatic rings. The number of methoxy groups -OCH3 is 1. The van der Waals surface area contributed by atoms with Gasteiger partial charge in [0.15, 0.2) is 0 Å². The minimum atomic E-state index is -3.86. The van der Waals surface area contributed by atoms with Crippen molar-refractivity contribution in [3.05, 3.63) is 0 Å². The van der Waals surface area contributed by atoms with Gasteiger partial charge in [0.1, 0.15) is 0 Å². The Hall–Kier alpha value is 0.140. The Morgan fingerprint density at radius 2 is 1.17 bits per heavy atom. The maximum Gasteiger partial charge on any atom is 0.325 e. The molecule has 0 rings (SSSR count). The zero-order chi connectivity index (χ0) is 18.2. The largest absolute Gasteiger partial charge is 0.394 e. The molecule has 0 atom stereocenters. The van der Waals surface area contributed by atoms with E-state index in [1.54, 1.807) is 7.11 Å². The molecular weight excluding hydrogens is 354 g/mol. The topological polar surface area (TPSA) is 163 Å². The van der Waals surface area contributed by atoms with Crippen molar-refractivity contribution < 1.29 is 48.0 Å². The lowest BCUT2D eigenvalue weighted by Gasteiger charge is -2.04. The summed E-state index contributed by atoms with van der Waals surface area (Å²) < 4.78 is 35.1. The van der Waals surface area contributed by atoms with Gasteiger partial charge in [0.25, 0.3) is 0 Å². The SMILES string of the molecule is COCCOCCCP(=O)(O)O.O=P(O)(O)CCCOCCO. The van der Waals surface area contributed by atoms with Crippen molar-refractivity contribution in [2.45, 2.75) is 12.8 Å². The molecule has 0 unspecified atom stereocenters. The molecule has 0 saturated heterocycles. The second-order valence-electron chi connectivity index (χ2n) is 4.42. The van der Waals surface area contributed by atoms with Crippen LogP contribution in [0.25, 0.3) is 0 Å². The summed E-state index contributed by atoms with van der Waals surface area (Å²) in [6.07, 6.45) is 0.441. The van der Waals surface area contributed by atoms with E-state index in [2.05, 4.69) is 0 Å². The Bertz CT molecular complexity index is 340. The fraction of sp³-hybridized carbons (Fsp3) is 1.00. The number of aliphatic hydroxyl groups is 1. The second-order valence-corrected chi connectivity index (χ2v) is 7.98. The van der Waals surface area contributed by atoms with Gasteiger partial charge < -0.3 is 38.9 Å². The number of hydrogen-bond acceptors (Lipinski definition) is 6. The van der Waals surface area contributed by atoms with Crippen molar-refractivity contribution in [3.63, 3.8) is 0 Å². The van der Waals surface area contributed by atoms with E-state index in [9.17, 15) is 9.13 Å². The Balaban J connectivity index is 0. The van der Waals surface area contributed by atoms with Crippen molar-refractivity contribution >= 4 is 15.2 Å². The van der Waals surface area contributed by atoms with Crippen LogP contribution in [-0.4, -0.2) is 83.8 Å². The van der Waals surface area contributed by atoms with Crippen LogP contribution < -0.4 is 0 Å². The van der Waals surface area contributed by atoms with Gasteiger partial charge in [0, 0.05) is 20.3 Å². The zero-order valence-corrected chi connectivity index (χ0v) is 15.0. The summed E-state index contributed by atoms with van der Waals surface area (Å²) in [5.74, 6) is 0. The highest BCUT2D eigenvalue weighted by Gasteiger charge is 2.11. The molecule has 0 aromatic heterocycles. The lowest BCUT2D eigenvalue weighted by atomic mass is 10.5. The monoisotopic (exact) mass is 382 g/mol. The zero-order valence-electron chi connectivity index (χ0n) is 13.2. The van der Waals surface area contributed by atoms with E-state index in [0.29, 0.717) is 32.7 Å². The molecule has 0 fully saturated rings. The van der Waals surface area contributed by atoms with Crippen molar-refractivity contribution in [1.82, 2.24) is 0 Å². The molecule has 23 heavy (non-hydrogen) atoms. The first-order valence-corrected chi connectivity index (χ1v) is 10.6. The summed E-state index contributed by atoms with van der Waals surface area (Å²) in [7, 11) is -6.12. The van der Waals surface area contributed by atoms with Crippen LogP contribution >= 0.6 is 15.2 Å². The molecule has 10 nitrogen and oxygen atoms in total. The molecule has 5 N–H and O–H groups in total. The lowest BCUT2D eigenvalue weighted by molar-refractivity contribution is 0.0708. The van der Waals surface area contributed by atoms with Gasteiger partial charge in [-0.15, -0.1) is 0 Å². The molecule has 0 aliphatic carbocycles. The summed E-state index contributed by atoms with van der Waals surface area (Å²) >= 11 is 0. The first kappa shape index (κ1) is 25.4. The molecule has 0 amide bonds. The van der Waals surface area contributed by atoms with Crippen molar-refractivity contribution in [3.8, 4) is 0 Å². The Kier molecular flexibility index (Phi) is 17.3. The van der Waals surface area contributed by atoms with E-state index in [1.165, 1.54) is 0 Å². The molecule has 0 saturated carbocycles. The molecule has 12 heteroatoms. The molecule has 0 heterocycles. The summed E-state index contributed by atoms with van der Waals surface area (Å²) in [4.78, 5) is 33.7. The highest BCUT2D eigenvalue weighted by Crippen LogP contribution is 2.35. The Morgan fingerprint density at radius 1 is 0.739 bits per heavy atom. The van der Waals surface area contributed by atoms with Crippen LogP contribution in [0.4, 0.5) is 0 Å². The number of ether oxygens (including phenoxy) is 3. The van der Waals surface area contributed by atoms with E-state index in [0.717, 1.165) is 0 Å². The van der Waals surface area contributed by atoms with Crippen LogP contribution in [-0.2, 0) is 23.3 Å². The second kappa shape index (κ2) is 15.7. The van der Waals surface area contributed by atoms with Crippen LogP contribution in [0.1, 0.15) is 12.8 Å². The third-order valence-corrected chi connectivity index (χ3v) is 3.94. The summed E-state index contributed by atoms with van der Waals surface area (Å²) in [6, 6.07) is 0. The molecule has 0 spiro atoms. The van der Waals surface area contributed by atoms with Gasteiger partial charge >= 0.3 is 15.2 Å². The van der Waals surface area contributed by atoms with Crippen LogP contribution in [0.3, 0.4) is 0 Å². The van der Waals surface area contributed by atoms with Gasteiger partial charge in [-0.1, -0.05) is 0 Å². The summed E-state index contributed by atoms with van der Waals surface area (Å²) in [5.41, 5.74) is 0. The smallest absolute Gasteiger partial charge is 0.325 e. The highest BCUT2D eigenvalue weighted by atomic mass is 31.2. The van der Waals surface area contributed by atoms with E-state index in [1.807, 2.05) is 0 Å². The predicted molar refractivity (Wildman–Crippen MR) is 83.7 cm³/mol. The minimum absolute atomic E-state index is 0.0596. The van der Waals surface area contributed by atoms with E-state index in [-0.39, 0.29) is 32.1 Å². The maximum absolute atomic E-state index is 10.3. The van der Waals surface area contributed by atoms with E-state index in [4.69, 9.17) is 38.9 Å². The quantitative estimate of drug-likeness (QED) is 0.212. The van der Waals surface area contributed by atoms with E-state index < -0.39 is 15.2 Å². The standard InChI is InChI=1S/C6H15O5P.C5H13O5P/c1-10-4-5-11-3-2-6-12(7,8)9;6-2-4-10-3-1-5-11(7,8)9/h2-6H2,1H3,(H2,7,8,9);6H,1-5H2,(H2,7,8,9). The van der Waals surface area contributed by atoms with Gasteiger partial charge in [0.2, 0.25) is 0 Å². The third kappa shape index (κ3) is 30.6. The van der Waals surface area contributed by atoms with Crippen molar-refractivity contribution in [2.75, 3.05) is 59.1 Å². The predicted octanol–water partition coefficient (Wildman–Crippen LogP) is -0.220. The fourth-order valence-corrected chi connectivity index (χ4v) is 2.24. The molecule has 0 radical (unpaired) electrons. The minimum Gasteiger partial charge on any atom is -0.394 e. The number of aliphatic hydroxyl groups excluding tert-OH is 1. The summed E-state index contributed by atoms with van der Waals surface area (Å²) in [5, 5.41) is 8.25. The van der Waals surface area contributed by atoms with Gasteiger partial charge in [-0.25, -0.2) is 0 Å². The number of rotatable bonds is 13. The average molecular weight is 382 g/mol. The van der Waals surface area contributed by atoms with Crippen LogP contribution in [0.2, 0.25) is 0 Å². The molecular formula is C11H28O10P2. The molecule has 142 valence electrons. The van der Waals surface area contributed by atoms with Crippen LogP contribution in [0, 0.1) is 0 Å². The van der Waals surface area contributed by atoms with Crippen molar-refractivity contribution in [2.24, 2.45) is 0 Å². The molecule has 0 aliphatic heterocycles. The van der Waals surface area contributed by atoms with Gasteiger partial charge in [-0.05, 0) is 12.8 Å². The van der Waals surface area contributed by atoms with Crippen molar-refractivity contribution in [1.29, 1.82) is 0 Å². The van der Waals surface area contributed by atoms with Gasteiger partial charge in [-0.2, -0.15) is 0 Å². The molecule has 0 aliphatic rings. The average Bonchev–Trinajstić information content (AvgIpc) is 2.41. The Labute approximate surface area is 136 Å². The lowest BCUT2D eigenvalue weighted by Crippen LogP contribution is -2.04. The molecule has 0 aromatic carbocycles. The third-order valence-electron chi connectivity index (χ3n) is 2.14. The fourth-order valence-electron chi connectivity index (χ4n) is 1.16. The first-order chi connectivity index (χ1) is 10.6. The van der Waals surface area contributed by atoms with Crippen LogP contribution in [0.5, 0.6) is 0 Å². The van der Waals surface area contributed by atoms with Gasteiger partial charge in [0.05, 0.1) is 38.8 Å². The number of hydrogen-bond donors (Lipinski definition) is 5. The Morgan fingerprint density at radius 3 is 1.52 bits per heavy atom. The van der Waals surface area contributed by atoms with Crippen LogP contribution in [0.15, 0.2) is 0 Å².